The summed E-state index contributed by atoms with van der Waals surface area (Å²) in [4.78, 5) is 33.6. The lowest BCUT2D eigenvalue weighted by atomic mass is 9.96. The van der Waals surface area contributed by atoms with Crippen molar-refractivity contribution in [2.45, 2.75) is 25.7 Å². The molecule has 0 saturated carbocycles. The summed E-state index contributed by atoms with van der Waals surface area (Å²) in [6, 6.07) is 6.71. The molecule has 0 aliphatic carbocycles. The Balaban J connectivity index is 1.54. The van der Waals surface area contributed by atoms with Crippen molar-refractivity contribution in [3.05, 3.63) is 51.7 Å². The van der Waals surface area contributed by atoms with Crippen LogP contribution in [0.5, 0.6) is 11.5 Å². The summed E-state index contributed by atoms with van der Waals surface area (Å²) >= 11 is 0. The number of ether oxygens (including phenoxy) is 2. The molecule has 1 aromatic heterocycles. The minimum absolute atomic E-state index is 0.0410. The van der Waals surface area contributed by atoms with Crippen molar-refractivity contribution in [2.75, 3.05) is 19.9 Å². The van der Waals surface area contributed by atoms with Gasteiger partial charge in [-0.2, -0.15) is 0 Å². The number of fused-ring (bicyclic) bond motifs is 1. The van der Waals surface area contributed by atoms with Gasteiger partial charge in [0.05, 0.1) is 0 Å². The molecule has 0 bridgehead atoms. The van der Waals surface area contributed by atoms with Crippen LogP contribution in [-0.4, -0.2) is 40.7 Å². The zero-order chi connectivity index (χ0) is 17.4. The minimum Gasteiger partial charge on any atom is -0.454 e. The second-order valence-corrected chi connectivity index (χ2v) is 6.43. The van der Waals surface area contributed by atoms with Gasteiger partial charge in [-0.15, -0.1) is 0 Å². The Hall–Kier alpha value is -2.83. The van der Waals surface area contributed by atoms with Crippen molar-refractivity contribution in [2.24, 2.45) is 0 Å². The number of hydrogen-bond acceptors (Lipinski definition) is 5. The average molecular weight is 341 g/mol. The molecular weight excluding hydrogens is 322 g/mol. The predicted molar refractivity (Wildman–Crippen MR) is 90.0 cm³/mol. The predicted octanol–water partition coefficient (Wildman–Crippen LogP) is 1.83. The monoisotopic (exact) mass is 341 g/mol. The highest BCUT2D eigenvalue weighted by Crippen LogP contribution is 2.33. The van der Waals surface area contributed by atoms with Gasteiger partial charge >= 0.3 is 0 Å². The van der Waals surface area contributed by atoms with Crippen molar-refractivity contribution in [1.29, 1.82) is 0 Å². The Labute approximate surface area is 144 Å². The van der Waals surface area contributed by atoms with Crippen LogP contribution in [0.25, 0.3) is 0 Å². The Morgan fingerprint density at radius 3 is 2.96 bits per heavy atom. The molecule has 1 amide bonds. The van der Waals surface area contributed by atoms with E-state index in [4.69, 9.17) is 9.47 Å². The lowest BCUT2D eigenvalue weighted by Crippen LogP contribution is -2.39. The summed E-state index contributed by atoms with van der Waals surface area (Å²) < 4.78 is 10.6. The Morgan fingerprint density at radius 2 is 2.12 bits per heavy atom. The first kappa shape index (κ1) is 15.7. The Morgan fingerprint density at radius 1 is 1.28 bits per heavy atom. The quantitative estimate of drug-likeness (QED) is 0.901. The lowest BCUT2D eigenvalue weighted by Gasteiger charge is -2.32. The number of rotatable bonds is 2. The van der Waals surface area contributed by atoms with E-state index in [1.165, 1.54) is 6.07 Å². The number of aryl methyl sites for hydroxylation is 1. The third-order valence-corrected chi connectivity index (χ3v) is 4.60. The number of H-pyrrole nitrogens is 1. The normalized spacial score (nSPS) is 19.1. The number of benzene rings is 1. The van der Waals surface area contributed by atoms with Crippen molar-refractivity contribution in [1.82, 2.24) is 14.9 Å². The fourth-order valence-corrected chi connectivity index (χ4v) is 3.39. The zero-order valence-corrected chi connectivity index (χ0v) is 13.9. The molecule has 0 radical (unpaired) electrons. The van der Waals surface area contributed by atoms with Gasteiger partial charge in [-0.05, 0) is 38.0 Å². The highest BCUT2D eigenvalue weighted by Gasteiger charge is 2.28. The van der Waals surface area contributed by atoms with Crippen LogP contribution < -0.4 is 15.0 Å². The maximum Gasteiger partial charge on any atom is 0.254 e. The average Bonchev–Trinajstić information content (AvgIpc) is 3.08. The van der Waals surface area contributed by atoms with Gasteiger partial charge in [-0.3, -0.25) is 9.59 Å². The van der Waals surface area contributed by atoms with Gasteiger partial charge in [-0.1, -0.05) is 0 Å². The summed E-state index contributed by atoms with van der Waals surface area (Å²) in [5, 5.41) is 0. The number of piperidine rings is 1. The molecule has 3 heterocycles. The van der Waals surface area contributed by atoms with Crippen LogP contribution in [0, 0.1) is 6.92 Å². The van der Waals surface area contributed by atoms with E-state index in [1.807, 2.05) is 4.90 Å². The lowest BCUT2D eigenvalue weighted by molar-refractivity contribution is 0.0704. The molecule has 0 spiro atoms. The molecule has 2 aliphatic heterocycles. The number of carbonyl (C=O) groups is 1. The fourth-order valence-electron chi connectivity index (χ4n) is 3.39. The van der Waals surface area contributed by atoms with Crippen LogP contribution in [0.2, 0.25) is 0 Å². The SMILES string of the molecule is Cc1cc(=O)[nH]c(C2CCCN(C(=O)c3ccc4c(c3)OCO4)C2)n1. The summed E-state index contributed by atoms with van der Waals surface area (Å²) in [5.41, 5.74) is 1.12. The third-order valence-electron chi connectivity index (χ3n) is 4.60. The summed E-state index contributed by atoms with van der Waals surface area (Å²) in [5.74, 6) is 1.92. The van der Waals surface area contributed by atoms with Crippen LogP contribution in [0.1, 0.15) is 40.6 Å². The second kappa shape index (κ2) is 6.23. The first-order valence-corrected chi connectivity index (χ1v) is 8.37. The van der Waals surface area contributed by atoms with E-state index in [9.17, 15) is 9.59 Å². The van der Waals surface area contributed by atoms with Gasteiger partial charge in [-0.25, -0.2) is 4.98 Å². The molecular formula is C18H19N3O4. The van der Waals surface area contributed by atoms with E-state index >= 15 is 0 Å². The Kier molecular flexibility index (Phi) is 3.91. The highest BCUT2D eigenvalue weighted by molar-refractivity contribution is 5.95. The van der Waals surface area contributed by atoms with Crippen LogP contribution >= 0.6 is 0 Å². The topological polar surface area (TPSA) is 84.5 Å². The van der Waals surface area contributed by atoms with Crippen molar-refractivity contribution >= 4 is 5.91 Å². The highest BCUT2D eigenvalue weighted by atomic mass is 16.7. The molecule has 2 aliphatic rings. The molecule has 1 saturated heterocycles. The van der Waals surface area contributed by atoms with E-state index in [0.717, 1.165) is 12.8 Å². The summed E-state index contributed by atoms with van der Waals surface area (Å²) in [6.07, 6.45) is 1.77. The standard InChI is InChI=1S/C18H19N3O4/c1-11-7-16(22)20-17(19-11)13-3-2-6-21(9-13)18(23)12-4-5-14-15(8-12)25-10-24-14/h4-5,7-8,13H,2-3,6,9-10H2,1H3,(H,19,20,22). The van der Waals surface area contributed by atoms with Crippen LogP contribution in [0.15, 0.2) is 29.1 Å². The van der Waals surface area contributed by atoms with Crippen molar-refractivity contribution in [3.8, 4) is 11.5 Å². The van der Waals surface area contributed by atoms with E-state index in [0.29, 0.717) is 41.7 Å². The zero-order valence-electron chi connectivity index (χ0n) is 13.9. The van der Waals surface area contributed by atoms with Gasteiger partial charge in [0.1, 0.15) is 5.82 Å². The van der Waals surface area contributed by atoms with Gasteiger partial charge in [0.25, 0.3) is 11.5 Å². The van der Waals surface area contributed by atoms with Crippen molar-refractivity contribution in [3.63, 3.8) is 0 Å². The van der Waals surface area contributed by atoms with E-state index in [1.54, 1.807) is 25.1 Å². The summed E-state index contributed by atoms with van der Waals surface area (Å²) in [7, 11) is 0. The van der Waals surface area contributed by atoms with Gasteiger partial charge in [0, 0.05) is 36.3 Å². The number of hydrogen-bond donors (Lipinski definition) is 1. The molecule has 2 aromatic rings. The van der Waals surface area contributed by atoms with Crippen molar-refractivity contribution < 1.29 is 14.3 Å². The van der Waals surface area contributed by atoms with Crippen LogP contribution in [0.3, 0.4) is 0 Å². The van der Waals surface area contributed by atoms with Crippen LogP contribution in [0.4, 0.5) is 0 Å². The molecule has 1 unspecified atom stereocenters. The van der Waals surface area contributed by atoms with Gasteiger partial charge < -0.3 is 19.4 Å². The number of amides is 1. The number of carbonyl (C=O) groups excluding carboxylic acids is 1. The summed E-state index contributed by atoms with van der Waals surface area (Å²) in [6.45, 7) is 3.22. The second-order valence-electron chi connectivity index (χ2n) is 6.43. The molecule has 1 N–H and O–H groups in total. The number of nitrogens with zero attached hydrogens (tertiary/aromatic N) is 2. The number of likely N-dealkylation sites (tertiary alicyclic amines) is 1. The molecule has 7 nitrogen and oxygen atoms in total. The number of nitrogens with one attached hydrogen (secondary N) is 1. The maximum atomic E-state index is 12.8. The van der Waals surface area contributed by atoms with Gasteiger partial charge in [0.2, 0.25) is 6.79 Å². The van der Waals surface area contributed by atoms with E-state index < -0.39 is 0 Å². The fraction of sp³-hybridized carbons (Fsp3) is 0.389. The number of aromatic amines is 1. The molecule has 7 heteroatoms. The first-order valence-electron chi connectivity index (χ1n) is 8.37. The maximum absolute atomic E-state index is 12.8. The molecule has 4 rings (SSSR count). The van der Waals surface area contributed by atoms with E-state index in [2.05, 4.69) is 9.97 Å². The smallest absolute Gasteiger partial charge is 0.254 e. The molecule has 1 aromatic carbocycles. The van der Waals surface area contributed by atoms with Crippen LogP contribution in [-0.2, 0) is 0 Å². The molecule has 1 atom stereocenters. The first-order chi connectivity index (χ1) is 12.1. The largest absolute Gasteiger partial charge is 0.454 e. The molecule has 25 heavy (non-hydrogen) atoms. The van der Waals surface area contributed by atoms with Gasteiger partial charge in [0.15, 0.2) is 11.5 Å². The molecule has 1 fully saturated rings. The molecule has 130 valence electrons. The Bertz CT molecular complexity index is 877. The van der Waals surface area contributed by atoms with E-state index in [-0.39, 0.29) is 24.2 Å². The number of aromatic nitrogens is 2. The minimum atomic E-state index is -0.151. The third kappa shape index (κ3) is 3.09.